The maximum absolute atomic E-state index is 13.9. The maximum atomic E-state index is 13.9. The van der Waals surface area contributed by atoms with Crippen molar-refractivity contribution in [3.8, 4) is 0 Å². The molecule has 0 aromatic carbocycles. The number of aromatic nitrogens is 1. The van der Waals surface area contributed by atoms with E-state index in [9.17, 15) is 18.8 Å². The zero-order valence-corrected chi connectivity index (χ0v) is 16.7. The third kappa shape index (κ3) is 8.32. The van der Waals surface area contributed by atoms with Crippen LogP contribution in [0.1, 0.15) is 50.9 Å². The van der Waals surface area contributed by atoms with E-state index >= 15 is 0 Å². The highest BCUT2D eigenvalue weighted by molar-refractivity contribution is 5.97. The van der Waals surface area contributed by atoms with E-state index in [-0.39, 0.29) is 49.3 Å². The molecule has 0 aliphatic rings. The SMILES string of the molecule is CC(C)COC(=O)CC[C@H](NC(=O)c1ccc(N)nc1F)C(=O)OCC(C)C. The van der Waals surface area contributed by atoms with Gasteiger partial charge in [0, 0.05) is 6.42 Å². The Morgan fingerprint density at radius 3 is 2.29 bits per heavy atom. The summed E-state index contributed by atoms with van der Waals surface area (Å²) in [6.07, 6.45) is -0.138. The molecule has 0 aliphatic heterocycles. The minimum Gasteiger partial charge on any atom is -0.465 e. The van der Waals surface area contributed by atoms with Crippen molar-refractivity contribution in [3.05, 3.63) is 23.6 Å². The van der Waals surface area contributed by atoms with Gasteiger partial charge in [-0.3, -0.25) is 9.59 Å². The van der Waals surface area contributed by atoms with Gasteiger partial charge < -0.3 is 20.5 Å². The topological polar surface area (TPSA) is 121 Å². The van der Waals surface area contributed by atoms with Gasteiger partial charge in [0.15, 0.2) is 0 Å². The molecular weight excluding hydrogens is 369 g/mol. The smallest absolute Gasteiger partial charge is 0.328 e. The van der Waals surface area contributed by atoms with E-state index < -0.39 is 29.8 Å². The molecular formula is C19H28FN3O5. The maximum Gasteiger partial charge on any atom is 0.328 e. The first-order valence-electron chi connectivity index (χ1n) is 9.15. The van der Waals surface area contributed by atoms with Crippen LogP contribution < -0.4 is 11.1 Å². The van der Waals surface area contributed by atoms with Crippen LogP contribution in [0.15, 0.2) is 12.1 Å². The normalized spacial score (nSPS) is 12.0. The summed E-state index contributed by atoms with van der Waals surface area (Å²) in [6.45, 7) is 7.93. The number of ether oxygens (including phenoxy) is 2. The number of carbonyl (C=O) groups is 3. The Hall–Kier alpha value is -2.71. The number of hydrogen-bond donors (Lipinski definition) is 2. The molecule has 0 unspecified atom stereocenters. The lowest BCUT2D eigenvalue weighted by Gasteiger charge is -2.18. The second kappa shape index (κ2) is 11.2. The summed E-state index contributed by atoms with van der Waals surface area (Å²) in [6, 6.07) is 1.31. The summed E-state index contributed by atoms with van der Waals surface area (Å²) >= 11 is 0. The average Bonchev–Trinajstić information content (AvgIpc) is 2.60. The Kier molecular flexibility index (Phi) is 9.34. The number of nitrogens with two attached hydrogens (primary N) is 1. The lowest BCUT2D eigenvalue weighted by Crippen LogP contribution is -2.43. The molecule has 0 fully saturated rings. The summed E-state index contributed by atoms with van der Waals surface area (Å²) in [4.78, 5) is 39.8. The molecule has 1 aromatic rings. The number of pyridine rings is 1. The van der Waals surface area contributed by atoms with Crippen LogP contribution in [0.3, 0.4) is 0 Å². The monoisotopic (exact) mass is 397 g/mol. The Bertz CT molecular complexity index is 694. The van der Waals surface area contributed by atoms with Gasteiger partial charge in [-0.2, -0.15) is 4.39 Å². The van der Waals surface area contributed by atoms with E-state index in [0.29, 0.717) is 0 Å². The summed E-state index contributed by atoms with van der Waals surface area (Å²) in [5.41, 5.74) is 5.00. The molecule has 1 atom stereocenters. The number of rotatable bonds is 10. The number of nitrogens with zero attached hydrogens (tertiary/aromatic N) is 1. The van der Waals surface area contributed by atoms with Crippen molar-refractivity contribution < 1.29 is 28.2 Å². The first-order valence-corrected chi connectivity index (χ1v) is 9.15. The predicted octanol–water partition coefficient (Wildman–Crippen LogP) is 2.08. The number of hydrogen-bond acceptors (Lipinski definition) is 7. The highest BCUT2D eigenvalue weighted by Gasteiger charge is 2.26. The lowest BCUT2D eigenvalue weighted by molar-refractivity contribution is -0.148. The highest BCUT2D eigenvalue weighted by atomic mass is 19.1. The number of halogens is 1. The molecule has 1 aromatic heterocycles. The summed E-state index contributed by atoms with van der Waals surface area (Å²) in [7, 11) is 0. The molecule has 28 heavy (non-hydrogen) atoms. The van der Waals surface area contributed by atoms with Gasteiger partial charge >= 0.3 is 11.9 Å². The standard InChI is InChI=1S/C19H28FN3O5/c1-11(2)9-27-16(24)8-6-14(19(26)28-10-12(3)4)22-18(25)13-5-7-15(21)23-17(13)20/h5,7,11-12,14H,6,8-10H2,1-4H3,(H2,21,23)(H,22,25)/t14-/m0/s1. The van der Waals surface area contributed by atoms with Gasteiger partial charge in [-0.15, -0.1) is 0 Å². The molecule has 156 valence electrons. The number of amides is 1. The van der Waals surface area contributed by atoms with E-state index in [1.54, 1.807) is 0 Å². The zero-order valence-electron chi connectivity index (χ0n) is 16.7. The van der Waals surface area contributed by atoms with E-state index in [4.69, 9.17) is 15.2 Å². The van der Waals surface area contributed by atoms with Crippen molar-refractivity contribution >= 4 is 23.7 Å². The van der Waals surface area contributed by atoms with Crippen LogP contribution in [0.25, 0.3) is 0 Å². The first kappa shape index (κ1) is 23.3. The molecule has 9 heteroatoms. The Labute approximate surface area is 164 Å². The van der Waals surface area contributed by atoms with Crippen molar-refractivity contribution in [3.63, 3.8) is 0 Å². The van der Waals surface area contributed by atoms with Gasteiger partial charge in [0.1, 0.15) is 11.9 Å². The van der Waals surface area contributed by atoms with E-state index in [1.807, 2.05) is 27.7 Å². The number of carbonyl (C=O) groups excluding carboxylic acids is 3. The third-order valence-electron chi connectivity index (χ3n) is 3.48. The molecule has 0 spiro atoms. The molecule has 1 heterocycles. The quantitative estimate of drug-likeness (QED) is 0.458. The molecule has 0 bridgehead atoms. The molecule has 1 rings (SSSR count). The van der Waals surface area contributed by atoms with Crippen LogP contribution in [-0.4, -0.2) is 42.1 Å². The van der Waals surface area contributed by atoms with E-state index in [1.165, 1.54) is 12.1 Å². The van der Waals surface area contributed by atoms with Gasteiger partial charge in [0.05, 0.1) is 18.8 Å². The van der Waals surface area contributed by atoms with Gasteiger partial charge in [-0.05, 0) is 30.4 Å². The van der Waals surface area contributed by atoms with Crippen molar-refractivity contribution in [1.82, 2.24) is 10.3 Å². The summed E-state index contributed by atoms with van der Waals surface area (Å²) < 4.78 is 24.1. The van der Waals surface area contributed by atoms with Crippen molar-refractivity contribution in [2.24, 2.45) is 11.8 Å². The van der Waals surface area contributed by atoms with Crippen LogP contribution in [0, 0.1) is 17.8 Å². The van der Waals surface area contributed by atoms with Gasteiger partial charge in [-0.1, -0.05) is 27.7 Å². The number of nitrogens with one attached hydrogen (secondary N) is 1. The molecule has 0 saturated carbocycles. The largest absolute Gasteiger partial charge is 0.465 e. The highest BCUT2D eigenvalue weighted by Crippen LogP contribution is 2.10. The van der Waals surface area contributed by atoms with Crippen LogP contribution in [0.4, 0.5) is 10.2 Å². The lowest BCUT2D eigenvalue weighted by atomic mass is 10.1. The zero-order chi connectivity index (χ0) is 21.3. The second-order valence-electron chi connectivity index (χ2n) is 7.24. The van der Waals surface area contributed by atoms with Crippen LogP contribution in [-0.2, 0) is 19.1 Å². The number of anilines is 1. The number of esters is 2. The molecule has 8 nitrogen and oxygen atoms in total. The first-order chi connectivity index (χ1) is 13.1. The van der Waals surface area contributed by atoms with Crippen LogP contribution in [0.2, 0.25) is 0 Å². The Morgan fingerprint density at radius 1 is 1.11 bits per heavy atom. The van der Waals surface area contributed by atoms with Crippen molar-refractivity contribution in [1.29, 1.82) is 0 Å². The van der Waals surface area contributed by atoms with Crippen molar-refractivity contribution in [2.45, 2.75) is 46.6 Å². The summed E-state index contributed by atoms with van der Waals surface area (Å²) in [5.74, 6) is -2.91. The fraction of sp³-hybridized carbons (Fsp3) is 0.579. The second-order valence-corrected chi connectivity index (χ2v) is 7.24. The summed E-state index contributed by atoms with van der Waals surface area (Å²) in [5, 5.41) is 2.40. The average molecular weight is 397 g/mol. The van der Waals surface area contributed by atoms with E-state index in [2.05, 4.69) is 10.3 Å². The fourth-order valence-corrected chi connectivity index (χ4v) is 2.05. The fourth-order valence-electron chi connectivity index (χ4n) is 2.05. The minimum atomic E-state index is -1.13. The van der Waals surface area contributed by atoms with Crippen molar-refractivity contribution in [2.75, 3.05) is 18.9 Å². The Balaban J connectivity index is 2.80. The molecule has 3 N–H and O–H groups in total. The van der Waals surface area contributed by atoms with Gasteiger partial charge in [-0.25, -0.2) is 9.78 Å². The predicted molar refractivity (Wildman–Crippen MR) is 101 cm³/mol. The minimum absolute atomic E-state index is 0.0381. The van der Waals surface area contributed by atoms with Gasteiger partial charge in [0.25, 0.3) is 5.91 Å². The third-order valence-corrected chi connectivity index (χ3v) is 3.48. The Morgan fingerprint density at radius 2 is 1.71 bits per heavy atom. The van der Waals surface area contributed by atoms with Crippen LogP contribution in [0.5, 0.6) is 0 Å². The molecule has 0 radical (unpaired) electrons. The molecule has 0 saturated heterocycles. The number of nitrogen functional groups attached to an aromatic ring is 1. The molecule has 1 amide bonds. The van der Waals surface area contributed by atoms with E-state index in [0.717, 1.165) is 0 Å². The van der Waals surface area contributed by atoms with Gasteiger partial charge in [0.2, 0.25) is 5.95 Å². The van der Waals surface area contributed by atoms with Crippen LogP contribution >= 0.6 is 0 Å². The molecule has 0 aliphatic carbocycles.